The summed E-state index contributed by atoms with van der Waals surface area (Å²) < 4.78 is 0. The van der Waals surface area contributed by atoms with Crippen molar-refractivity contribution in [2.45, 2.75) is 26.7 Å². The van der Waals surface area contributed by atoms with Crippen LogP contribution in [0, 0.1) is 6.92 Å². The lowest BCUT2D eigenvalue weighted by atomic mass is 10.2. The molecule has 1 saturated heterocycles. The fourth-order valence-electron chi connectivity index (χ4n) is 2.75. The number of likely N-dealkylation sites (N-methyl/N-ethyl adjacent to an activating group) is 1. The van der Waals surface area contributed by atoms with E-state index in [2.05, 4.69) is 10.2 Å². The molecule has 0 aliphatic carbocycles. The molecule has 126 valence electrons. The third-order valence-corrected chi connectivity index (χ3v) is 4.43. The first-order chi connectivity index (χ1) is 11.0. The normalized spacial score (nSPS) is 14.7. The van der Waals surface area contributed by atoms with E-state index >= 15 is 0 Å². The molecule has 2 amide bonds. The molecule has 1 aromatic carbocycles. The number of anilines is 1. The number of amides is 2. The number of carbonyl (C=O) groups excluding carboxylic acids is 2. The average molecular weight is 338 g/mol. The molecule has 2 rings (SSSR count). The Labute approximate surface area is 142 Å². The van der Waals surface area contributed by atoms with Crippen LogP contribution in [0.3, 0.4) is 0 Å². The lowest BCUT2D eigenvalue weighted by molar-refractivity contribution is -0.135. The van der Waals surface area contributed by atoms with E-state index in [0.29, 0.717) is 23.8 Å². The molecule has 1 fully saturated rings. The predicted octanol–water partition coefficient (Wildman–Crippen LogP) is 2.53. The molecule has 0 aromatic heterocycles. The summed E-state index contributed by atoms with van der Waals surface area (Å²) in [5.74, 6) is -0.224. The Balaban J connectivity index is 1.92. The first kappa shape index (κ1) is 17.8. The number of para-hydroxylation sites is 1. The van der Waals surface area contributed by atoms with Gasteiger partial charge in [0.15, 0.2) is 0 Å². The van der Waals surface area contributed by atoms with Gasteiger partial charge in [-0.15, -0.1) is 0 Å². The number of carbonyl (C=O) groups is 2. The Morgan fingerprint density at radius 1 is 1.30 bits per heavy atom. The molecule has 0 atom stereocenters. The van der Waals surface area contributed by atoms with Crippen LogP contribution >= 0.6 is 11.6 Å². The van der Waals surface area contributed by atoms with Crippen LogP contribution in [-0.4, -0.2) is 54.3 Å². The first-order valence-electron chi connectivity index (χ1n) is 8.06. The van der Waals surface area contributed by atoms with Gasteiger partial charge in [-0.25, -0.2) is 0 Å². The van der Waals surface area contributed by atoms with E-state index in [1.54, 1.807) is 11.0 Å². The monoisotopic (exact) mass is 337 g/mol. The van der Waals surface area contributed by atoms with Crippen LogP contribution in [0.2, 0.25) is 5.02 Å². The van der Waals surface area contributed by atoms with Gasteiger partial charge < -0.3 is 10.2 Å². The highest BCUT2D eigenvalue weighted by Gasteiger charge is 2.21. The van der Waals surface area contributed by atoms with Gasteiger partial charge >= 0.3 is 0 Å². The van der Waals surface area contributed by atoms with Crippen LogP contribution in [0.4, 0.5) is 5.69 Å². The second kappa shape index (κ2) is 8.31. The molecule has 6 heteroatoms. The highest BCUT2D eigenvalue weighted by Crippen LogP contribution is 2.25. The average Bonchev–Trinajstić information content (AvgIpc) is 3.01. The van der Waals surface area contributed by atoms with Gasteiger partial charge in [0, 0.05) is 6.54 Å². The van der Waals surface area contributed by atoms with Crippen LogP contribution in [0.1, 0.15) is 25.3 Å². The van der Waals surface area contributed by atoms with Crippen molar-refractivity contribution < 1.29 is 9.59 Å². The number of nitrogens with one attached hydrogen (secondary N) is 1. The molecular weight excluding hydrogens is 314 g/mol. The minimum atomic E-state index is -0.224. The number of hydrogen-bond acceptors (Lipinski definition) is 3. The zero-order chi connectivity index (χ0) is 16.8. The van der Waals surface area contributed by atoms with Gasteiger partial charge in [0.2, 0.25) is 11.8 Å². The maximum atomic E-state index is 12.3. The van der Waals surface area contributed by atoms with Gasteiger partial charge in [0.25, 0.3) is 0 Å². The van der Waals surface area contributed by atoms with E-state index < -0.39 is 0 Å². The molecule has 0 saturated carbocycles. The molecule has 0 unspecified atom stereocenters. The third kappa shape index (κ3) is 4.94. The summed E-state index contributed by atoms with van der Waals surface area (Å²) >= 11 is 6.12. The fraction of sp³-hybridized carbons (Fsp3) is 0.529. The standard InChI is InChI=1S/C17H24ClN3O2/c1-3-21(16(23)12-20-9-4-5-10-20)11-15(22)19-17-13(2)7-6-8-14(17)18/h6-8H,3-5,9-12H2,1-2H3,(H,19,22). The van der Waals surface area contributed by atoms with Gasteiger partial charge in [-0.1, -0.05) is 23.7 Å². The maximum Gasteiger partial charge on any atom is 0.244 e. The zero-order valence-corrected chi connectivity index (χ0v) is 14.5. The van der Waals surface area contributed by atoms with Gasteiger partial charge in [0.1, 0.15) is 0 Å². The molecule has 5 nitrogen and oxygen atoms in total. The summed E-state index contributed by atoms with van der Waals surface area (Å²) in [5.41, 5.74) is 1.51. The molecule has 1 aliphatic heterocycles. The van der Waals surface area contributed by atoms with Crippen LogP contribution in [0.5, 0.6) is 0 Å². The lowest BCUT2D eigenvalue weighted by Crippen LogP contribution is -2.43. The van der Waals surface area contributed by atoms with Crippen molar-refractivity contribution in [1.82, 2.24) is 9.80 Å². The Hall–Kier alpha value is -1.59. The third-order valence-electron chi connectivity index (χ3n) is 4.11. The van der Waals surface area contributed by atoms with Gasteiger partial charge in [-0.3, -0.25) is 14.5 Å². The Morgan fingerprint density at radius 3 is 2.61 bits per heavy atom. The largest absolute Gasteiger partial charge is 0.333 e. The molecule has 1 aliphatic rings. The van der Waals surface area contributed by atoms with Crippen molar-refractivity contribution in [2.24, 2.45) is 0 Å². The van der Waals surface area contributed by atoms with Crippen molar-refractivity contribution in [3.8, 4) is 0 Å². The smallest absolute Gasteiger partial charge is 0.244 e. The summed E-state index contributed by atoms with van der Waals surface area (Å²) in [4.78, 5) is 28.3. The topological polar surface area (TPSA) is 52.7 Å². The van der Waals surface area contributed by atoms with Crippen molar-refractivity contribution >= 4 is 29.1 Å². The minimum Gasteiger partial charge on any atom is -0.333 e. The van der Waals surface area contributed by atoms with E-state index in [-0.39, 0.29) is 18.4 Å². The summed E-state index contributed by atoms with van der Waals surface area (Å²) in [6, 6.07) is 5.46. The van der Waals surface area contributed by atoms with E-state index in [1.165, 1.54) is 0 Å². The number of nitrogens with zero attached hydrogens (tertiary/aromatic N) is 2. The second-order valence-corrected chi connectivity index (χ2v) is 6.28. The molecule has 0 bridgehead atoms. The van der Waals surface area contributed by atoms with Crippen molar-refractivity contribution in [3.63, 3.8) is 0 Å². The van der Waals surface area contributed by atoms with E-state index in [4.69, 9.17) is 11.6 Å². The number of benzene rings is 1. The van der Waals surface area contributed by atoms with Gasteiger partial charge in [0.05, 0.1) is 23.8 Å². The van der Waals surface area contributed by atoms with Crippen LogP contribution < -0.4 is 5.32 Å². The molecule has 1 heterocycles. The van der Waals surface area contributed by atoms with Crippen molar-refractivity contribution in [2.75, 3.05) is 38.0 Å². The number of rotatable bonds is 6. The van der Waals surface area contributed by atoms with Gasteiger partial charge in [-0.2, -0.15) is 0 Å². The minimum absolute atomic E-state index is 0.000399. The van der Waals surface area contributed by atoms with Crippen LogP contribution in [0.15, 0.2) is 18.2 Å². The van der Waals surface area contributed by atoms with E-state index in [0.717, 1.165) is 31.5 Å². The summed E-state index contributed by atoms with van der Waals surface area (Å²) in [5, 5.41) is 3.32. The maximum absolute atomic E-state index is 12.3. The molecular formula is C17H24ClN3O2. The molecule has 1 aromatic rings. The summed E-state index contributed by atoms with van der Waals surface area (Å²) in [6.07, 6.45) is 2.29. The Bertz CT molecular complexity index is 551. The predicted molar refractivity (Wildman–Crippen MR) is 92.7 cm³/mol. The Morgan fingerprint density at radius 2 is 2.00 bits per heavy atom. The van der Waals surface area contributed by atoms with E-state index in [9.17, 15) is 9.59 Å². The van der Waals surface area contributed by atoms with E-state index in [1.807, 2.05) is 26.0 Å². The zero-order valence-electron chi connectivity index (χ0n) is 13.8. The first-order valence-corrected chi connectivity index (χ1v) is 8.44. The quantitative estimate of drug-likeness (QED) is 0.868. The van der Waals surface area contributed by atoms with Crippen LogP contribution in [-0.2, 0) is 9.59 Å². The highest BCUT2D eigenvalue weighted by molar-refractivity contribution is 6.33. The Kier molecular flexibility index (Phi) is 6.42. The molecule has 0 radical (unpaired) electrons. The number of aryl methyl sites for hydroxylation is 1. The lowest BCUT2D eigenvalue weighted by Gasteiger charge is -2.23. The SMILES string of the molecule is CCN(CC(=O)Nc1c(C)cccc1Cl)C(=O)CN1CCCC1. The number of halogens is 1. The molecule has 1 N–H and O–H groups in total. The van der Waals surface area contributed by atoms with Crippen LogP contribution in [0.25, 0.3) is 0 Å². The number of hydrogen-bond donors (Lipinski definition) is 1. The molecule has 23 heavy (non-hydrogen) atoms. The highest BCUT2D eigenvalue weighted by atomic mass is 35.5. The van der Waals surface area contributed by atoms with Crippen molar-refractivity contribution in [1.29, 1.82) is 0 Å². The number of likely N-dealkylation sites (tertiary alicyclic amines) is 1. The summed E-state index contributed by atoms with van der Waals surface area (Å²) in [7, 11) is 0. The summed E-state index contributed by atoms with van der Waals surface area (Å²) in [6.45, 7) is 6.66. The van der Waals surface area contributed by atoms with Gasteiger partial charge in [-0.05, 0) is 51.4 Å². The van der Waals surface area contributed by atoms with Crippen molar-refractivity contribution in [3.05, 3.63) is 28.8 Å². The second-order valence-electron chi connectivity index (χ2n) is 5.87. The molecule has 0 spiro atoms. The fourth-order valence-corrected chi connectivity index (χ4v) is 3.02.